The number of imidazole rings is 1. The van der Waals surface area contributed by atoms with Crippen molar-refractivity contribution in [2.24, 2.45) is 5.92 Å². The van der Waals surface area contributed by atoms with Gasteiger partial charge in [0.2, 0.25) is 0 Å². The van der Waals surface area contributed by atoms with Crippen LogP contribution in [-0.2, 0) is 24.6 Å². The molecule has 0 saturated carbocycles. The van der Waals surface area contributed by atoms with Crippen LogP contribution in [0.15, 0.2) is 18.9 Å². The molecule has 1 saturated heterocycles. The Hall–Kier alpha value is -2.16. The van der Waals surface area contributed by atoms with Gasteiger partial charge in [-0.2, -0.15) is 11.8 Å². The number of thioether (sulfide) groups is 1. The first kappa shape index (κ1) is 17.7. The van der Waals surface area contributed by atoms with Gasteiger partial charge in [0.15, 0.2) is 11.2 Å². The van der Waals surface area contributed by atoms with Crippen molar-refractivity contribution in [3.05, 3.63) is 18.9 Å². The molecule has 0 N–H and O–H groups in total. The zero-order chi connectivity index (χ0) is 17.9. The fourth-order valence-electron chi connectivity index (χ4n) is 3.17. The van der Waals surface area contributed by atoms with E-state index < -0.39 is 5.54 Å². The van der Waals surface area contributed by atoms with E-state index in [1.807, 2.05) is 0 Å². The molecule has 0 aliphatic carbocycles. The summed E-state index contributed by atoms with van der Waals surface area (Å²) in [6.45, 7) is 4.10. The van der Waals surface area contributed by atoms with Gasteiger partial charge in [0.1, 0.15) is 11.8 Å². The van der Waals surface area contributed by atoms with E-state index in [4.69, 9.17) is 9.47 Å². The largest absolute Gasteiger partial charge is 0.466 e. The van der Waals surface area contributed by atoms with E-state index in [0.717, 1.165) is 0 Å². The van der Waals surface area contributed by atoms with Gasteiger partial charge in [-0.25, -0.2) is 19.7 Å². The first-order valence-electron chi connectivity index (χ1n) is 8.17. The van der Waals surface area contributed by atoms with Crippen LogP contribution in [0, 0.1) is 5.92 Å². The van der Waals surface area contributed by atoms with Crippen LogP contribution >= 0.6 is 11.8 Å². The summed E-state index contributed by atoms with van der Waals surface area (Å²) in [5.41, 5.74) is 0.119. The number of hydrogen-bond donors (Lipinski definition) is 0. The van der Waals surface area contributed by atoms with Crippen molar-refractivity contribution in [3.63, 3.8) is 0 Å². The van der Waals surface area contributed by atoms with Crippen LogP contribution in [-0.4, -0.2) is 56.2 Å². The molecule has 1 aliphatic rings. The van der Waals surface area contributed by atoms with E-state index in [2.05, 4.69) is 15.0 Å². The molecular formula is C16H20N4O4S. The van der Waals surface area contributed by atoms with E-state index in [1.54, 1.807) is 42.7 Å². The second-order valence-electron chi connectivity index (χ2n) is 5.71. The predicted octanol–water partition coefficient (Wildman–Crippen LogP) is 1.40. The minimum absolute atomic E-state index is 0.143. The summed E-state index contributed by atoms with van der Waals surface area (Å²) in [5, 5.41) is 0. The Morgan fingerprint density at radius 2 is 2.12 bits per heavy atom. The SMILES string of the molecule is CCOC(=O)C[C@H]1CSC[C@]1(C(=O)OCC)n1cnc2cncnc21. The smallest absolute Gasteiger partial charge is 0.333 e. The van der Waals surface area contributed by atoms with E-state index in [9.17, 15) is 9.59 Å². The van der Waals surface area contributed by atoms with Crippen molar-refractivity contribution >= 4 is 34.9 Å². The van der Waals surface area contributed by atoms with Crippen LogP contribution in [0.3, 0.4) is 0 Å². The van der Waals surface area contributed by atoms with Crippen molar-refractivity contribution < 1.29 is 19.1 Å². The van der Waals surface area contributed by atoms with Gasteiger partial charge in [0.25, 0.3) is 0 Å². The molecule has 0 unspecified atom stereocenters. The summed E-state index contributed by atoms with van der Waals surface area (Å²) in [5.74, 6) is 0.200. The number of aromatic nitrogens is 4. The number of nitrogens with zero attached hydrogens (tertiary/aromatic N) is 4. The third-order valence-electron chi connectivity index (χ3n) is 4.31. The summed E-state index contributed by atoms with van der Waals surface area (Å²) in [6.07, 6.45) is 4.74. The number of hydrogen-bond acceptors (Lipinski definition) is 8. The minimum Gasteiger partial charge on any atom is -0.466 e. The van der Waals surface area contributed by atoms with Gasteiger partial charge in [-0.1, -0.05) is 0 Å². The molecule has 0 aromatic carbocycles. The van der Waals surface area contributed by atoms with Crippen LogP contribution in [0.25, 0.3) is 11.2 Å². The molecule has 1 fully saturated rings. The summed E-state index contributed by atoms with van der Waals surface area (Å²) in [4.78, 5) is 37.6. The minimum atomic E-state index is -1.03. The molecule has 0 spiro atoms. The molecule has 2 aromatic heterocycles. The van der Waals surface area contributed by atoms with Gasteiger partial charge in [-0.15, -0.1) is 0 Å². The first-order chi connectivity index (χ1) is 12.1. The van der Waals surface area contributed by atoms with Crippen LogP contribution in [0.2, 0.25) is 0 Å². The zero-order valence-electron chi connectivity index (χ0n) is 14.2. The van der Waals surface area contributed by atoms with Gasteiger partial charge < -0.3 is 9.47 Å². The van der Waals surface area contributed by atoms with Gasteiger partial charge in [-0.3, -0.25) is 9.36 Å². The van der Waals surface area contributed by atoms with Gasteiger partial charge in [0.05, 0.1) is 32.2 Å². The fraction of sp³-hybridized carbons (Fsp3) is 0.562. The molecule has 2 atom stereocenters. The standard InChI is InChI=1S/C16H20N4O4S/c1-3-23-13(21)5-11-7-25-8-16(11,15(22)24-4-2)20-10-19-12-6-17-9-18-14(12)20/h6,9-11H,3-5,7-8H2,1-2H3/t11-,16-/m0/s1. The second kappa shape index (κ2) is 7.38. The van der Waals surface area contributed by atoms with Crippen molar-refractivity contribution in [1.82, 2.24) is 19.5 Å². The van der Waals surface area contributed by atoms with Crippen molar-refractivity contribution in [2.45, 2.75) is 25.8 Å². The third-order valence-corrected chi connectivity index (χ3v) is 5.59. The summed E-state index contributed by atoms with van der Waals surface area (Å²) >= 11 is 1.61. The van der Waals surface area contributed by atoms with E-state index >= 15 is 0 Å². The molecule has 1 aliphatic heterocycles. The van der Waals surface area contributed by atoms with Crippen LogP contribution in [0.4, 0.5) is 0 Å². The molecule has 3 heterocycles. The normalized spacial score (nSPS) is 22.9. The number of carbonyl (C=O) groups excluding carboxylic acids is 2. The maximum Gasteiger partial charge on any atom is 0.333 e. The Kier molecular flexibility index (Phi) is 5.22. The number of ether oxygens (including phenoxy) is 2. The lowest BCUT2D eigenvalue weighted by Crippen LogP contribution is -2.49. The average Bonchev–Trinajstić information content (AvgIpc) is 3.20. The third kappa shape index (κ3) is 3.08. The van der Waals surface area contributed by atoms with Crippen molar-refractivity contribution in [1.29, 1.82) is 0 Å². The Morgan fingerprint density at radius 3 is 2.88 bits per heavy atom. The Labute approximate surface area is 149 Å². The Balaban J connectivity index is 2.07. The molecule has 3 rings (SSSR count). The predicted molar refractivity (Wildman–Crippen MR) is 92.0 cm³/mol. The Morgan fingerprint density at radius 1 is 1.32 bits per heavy atom. The lowest BCUT2D eigenvalue weighted by Gasteiger charge is -2.33. The quantitative estimate of drug-likeness (QED) is 0.710. The van der Waals surface area contributed by atoms with Gasteiger partial charge in [-0.05, 0) is 19.6 Å². The molecular weight excluding hydrogens is 344 g/mol. The van der Waals surface area contributed by atoms with Crippen LogP contribution in [0.5, 0.6) is 0 Å². The summed E-state index contributed by atoms with van der Waals surface area (Å²) in [6, 6.07) is 0. The van der Waals surface area contributed by atoms with Crippen LogP contribution in [0.1, 0.15) is 20.3 Å². The first-order valence-corrected chi connectivity index (χ1v) is 9.33. The highest BCUT2D eigenvalue weighted by Crippen LogP contribution is 2.44. The van der Waals surface area contributed by atoms with Crippen LogP contribution < -0.4 is 0 Å². The Bertz CT molecular complexity index is 780. The lowest BCUT2D eigenvalue weighted by atomic mass is 9.84. The summed E-state index contributed by atoms with van der Waals surface area (Å²) < 4.78 is 12.2. The highest BCUT2D eigenvalue weighted by atomic mass is 32.2. The highest BCUT2D eigenvalue weighted by Gasteiger charge is 2.54. The van der Waals surface area contributed by atoms with Crippen molar-refractivity contribution in [3.8, 4) is 0 Å². The van der Waals surface area contributed by atoms with Gasteiger partial charge >= 0.3 is 11.9 Å². The fourth-order valence-corrected chi connectivity index (χ4v) is 4.77. The monoisotopic (exact) mass is 364 g/mol. The molecule has 8 nitrogen and oxygen atoms in total. The average molecular weight is 364 g/mol. The maximum atomic E-state index is 13.0. The second-order valence-corrected chi connectivity index (χ2v) is 6.74. The zero-order valence-corrected chi connectivity index (χ0v) is 15.0. The molecule has 134 valence electrons. The summed E-state index contributed by atoms with van der Waals surface area (Å²) in [7, 11) is 0. The van der Waals surface area contributed by atoms with E-state index in [0.29, 0.717) is 29.3 Å². The number of esters is 2. The molecule has 0 amide bonds. The molecule has 0 radical (unpaired) electrons. The molecule has 9 heteroatoms. The maximum absolute atomic E-state index is 13.0. The van der Waals surface area contributed by atoms with Crippen molar-refractivity contribution in [2.75, 3.05) is 24.7 Å². The van der Waals surface area contributed by atoms with E-state index in [1.165, 1.54) is 6.33 Å². The molecule has 2 aromatic rings. The number of rotatable bonds is 6. The molecule has 0 bridgehead atoms. The highest BCUT2D eigenvalue weighted by molar-refractivity contribution is 7.99. The topological polar surface area (TPSA) is 96.2 Å². The number of fused-ring (bicyclic) bond motifs is 1. The number of carbonyl (C=O) groups is 2. The van der Waals surface area contributed by atoms with E-state index in [-0.39, 0.29) is 30.9 Å². The van der Waals surface area contributed by atoms with Gasteiger partial charge in [0, 0.05) is 11.7 Å². The molecule has 25 heavy (non-hydrogen) atoms. The lowest BCUT2D eigenvalue weighted by molar-refractivity contribution is -0.156.